The predicted octanol–water partition coefficient (Wildman–Crippen LogP) is 3.83. The van der Waals surface area contributed by atoms with Gasteiger partial charge in [-0.2, -0.15) is 9.57 Å². The fourth-order valence-electron chi connectivity index (χ4n) is 5.86. The van der Waals surface area contributed by atoms with Gasteiger partial charge in [0.05, 0.1) is 47.8 Å². The lowest BCUT2D eigenvalue weighted by molar-refractivity contribution is -0.0907. The molecular formula is C35H42N4O8S. The molecule has 13 heteroatoms. The zero-order chi connectivity index (χ0) is 34.3. The number of rotatable bonds is 14. The van der Waals surface area contributed by atoms with Crippen molar-refractivity contribution >= 4 is 21.8 Å². The molecule has 2 aliphatic rings. The van der Waals surface area contributed by atoms with Crippen LogP contribution in [0.15, 0.2) is 77.7 Å². The summed E-state index contributed by atoms with van der Waals surface area (Å²) in [5, 5.41) is 23.5. The van der Waals surface area contributed by atoms with Gasteiger partial charge in [0, 0.05) is 18.8 Å². The number of ether oxygens (including phenoxy) is 4. The molecule has 5 unspecified atom stereocenters. The number of hydrogen-bond donors (Lipinski definition) is 3. The number of aliphatic hydroxyl groups excluding tert-OH is 1. The summed E-state index contributed by atoms with van der Waals surface area (Å²) in [5.74, 6) is 0.471. The molecule has 3 aromatic rings. The lowest BCUT2D eigenvalue weighted by Gasteiger charge is -2.31. The van der Waals surface area contributed by atoms with Gasteiger partial charge in [-0.1, -0.05) is 44.2 Å². The molecule has 1 amide bonds. The third-order valence-electron chi connectivity index (χ3n) is 8.31. The molecule has 2 saturated heterocycles. The van der Waals surface area contributed by atoms with Crippen LogP contribution in [0.5, 0.6) is 5.75 Å². The van der Waals surface area contributed by atoms with Crippen LogP contribution in [0.4, 0.5) is 10.5 Å². The van der Waals surface area contributed by atoms with Crippen LogP contribution in [-0.4, -0.2) is 74.8 Å². The molecule has 0 saturated carbocycles. The van der Waals surface area contributed by atoms with Gasteiger partial charge in [0.15, 0.2) is 6.29 Å². The molecule has 4 N–H and O–H groups in total. The van der Waals surface area contributed by atoms with Crippen molar-refractivity contribution in [1.82, 2.24) is 9.62 Å². The molecule has 0 bridgehead atoms. The third kappa shape index (κ3) is 9.03. The van der Waals surface area contributed by atoms with Crippen molar-refractivity contribution in [3.05, 3.63) is 89.5 Å². The zero-order valence-corrected chi connectivity index (χ0v) is 27.8. The summed E-state index contributed by atoms with van der Waals surface area (Å²) in [6.07, 6.45) is -2.07. The van der Waals surface area contributed by atoms with Gasteiger partial charge >= 0.3 is 6.09 Å². The number of benzene rings is 3. The number of hydrogen-bond acceptors (Lipinski definition) is 10. The summed E-state index contributed by atoms with van der Waals surface area (Å²) in [6.45, 7) is 4.63. The van der Waals surface area contributed by atoms with E-state index in [1.54, 1.807) is 42.5 Å². The topological polar surface area (TPSA) is 173 Å². The summed E-state index contributed by atoms with van der Waals surface area (Å²) < 4.78 is 51.4. The van der Waals surface area contributed by atoms with E-state index in [9.17, 15) is 18.3 Å². The molecule has 3 aromatic carbocycles. The highest BCUT2D eigenvalue weighted by molar-refractivity contribution is 7.89. The average molecular weight is 679 g/mol. The second-order valence-corrected chi connectivity index (χ2v) is 14.5. The monoisotopic (exact) mass is 678 g/mol. The van der Waals surface area contributed by atoms with Gasteiger partial charge < -0.3 is 35.1 Å². The number of aliphatic hydroxyl groups is 1. The number of nitrogen functional groups attached to an aromatic ring is 1. The van der Waals surface area contributed by atoms with E-state index in [2.05, 4.69) is 11.4 Å². The van der Waals surface area contributed by atoms with Crippen LogP contribution in [0.1, 0.15) is 37.0 Å². The summed E-state index contributed by atoms with van der Waals surface area (Å²) in [6, 6.07) is 21.6. The van der Waals surface area contributed by atoms with Crippen LogP contribution in [0.2, 0.25) is 0 Å². The Morgan fingerprint density at radius 1 is 1.08 bits per heavy atom. The maximum Gasteiger partial charge on any atom is 0.407 e. The molecule has 0 aliphatic carbocycles. The summed E-state index contributed by atoms with van der Waals surface area (Å²) in [4.78, 5) is 13.2. The number of amides is 1. The van der Waals surface area contributed by atoms with E-state index in [1.165, 1.54) is 16.4 Å². The second-order valence-electron chi connectivity index (χ2n) is 12.5. The van der Waals surface area contributed by atoms with Crippen molar-refractivity contribution in [1.29, 1.82) is 5.26 Å². The zero-order valence-electron chi connectivity index (χ0n) is 27.0. The lowest BCUT2D eigenvalue weighted by atomic mass is 10.0. The fourth-order valence-corrected chi connectivity index (χ4v) is 7.54. The maximum atomic E-state index is 13.7. The number of sulfonamides is 1. The first-order valence-corrected chi connectivity index (χ1v) is 17.4. The first kappa shape index (κ1) is 35.1. The molecule has 5 atom stereocenters. The van der Waals surface area contributed by atoms with Gasteiger partial charge in [0.1, 0.15) is 18.5 Å². The Morgan fingerprint density at radius 3 is 2.58 bits per heavy atom. The number of nitrogens with two attached hydrogens (primary N) is 1. The molecule has 2 fully saturated rings. The lowest BCUT2D eigenvalue weighted by Crippen LogP contribution is -2.51. The highest BCUT2D eigenvalue weighted by Gasteiger charge is 2.44. The van der Waals surface area contributed by atoms with Crippen molar-refractivity contribution < 1.29 is 37.3 Å². The van der Waals surface area contributed by atoms with E-state index in [1.807, 2.05) is 32.0 Å². The van der Waals surface area contributed by atoms with Crippen LogP contribution in [0, 0.1) is 23.2 Å². The molecule has 256 valence electrons. The number of carbonyl (C=O) groups is 1. The van der Waals surface area contributed by atoms with Crippen LogP contribution in [0.3, 0.4) is 0 Å². The predicted molar refractivity (Wildman–Crippen MR) is 177 cm³/mol. The largest absolute Gasteiger partial charge is 0.489 e. The Kier molecular flexibility index (Phi) is 11.6. The van der Waals surface area contributed by atoms with Crippen molar-refractivity contribution in [3.8, 4) is 11.8 Å². The Balaban J connectivity index is 1.31. The average Bonchev–Trinajstić information content (AvgIpc) is 3.69. The number of fused-ring (bicyclic) bond motifs is 1. The highest BCUT2D eigenvalue weighted by atomic mass is 32.2. The standard InChI is InChI=1S/C35H42N4O8S/c1-23(2)19-39(48(42,43)29-8-4-7-27(37)17-29)20-32(40)31(38-35(41)47-33-22-46-34-30(33)13-14-44-34)16-24-9-11-28(12-10-24)45-21-26-6-3-5-25(15-26)18-36/h3-12,15,17,23,30-34,40H,13-14,16,19-22,37H2,1-2H3,(H,38,41). The van der Waals surface area contributed by atoms with Gasteiger partial charge in [-0.15, -0.1) is 0 Å². The Labute approximate surface area is 281 Å². The van der Waals surface area contributed by atoms with Gasteiger partial charge in [0.2, 0.25) is 10.0 Å². The number of alkyl carbamates (subject to hydrolysis) is 1. The minimum absolute atomic E-state index is 0.0174. The van der Waals surface area contributed by atoms with E-state index >= 15 is 0 Å². The van der Waals surface area contributed by atoms with Crippen molar-refractivity contribution in [2.75, 3.05) is 32.0 Å². The first-order valence-electron chi connectivity index (χ1n) is 16.0. The molecule has 5 rings (SSSR count). The van der Waals surface area contributed by atoms with Gasteiger partial charge in [-0.05, 0) is 72.4 Å². The number of nitriles is 1. The number of anilines is 1. The molecule has 48 heavy (non-hydrogen) atoms. The van der Waals surface area contributed by atoms with Gasteiger partial charge in [0.25, 0.3) is 0 Å². The summed E-state index contributed by atoms with van der Waals surface area (Å²) in [7, 11) is -4.03. The Hall–Kier alpha value is -4.19. The van der Waals surface area contributed by atoms with Crippen LogP contribution < -0.4 is 15.8 Å². The minimum Gasteiger partial charge on any atom is -0.489 e. The fraction of sp³-hybridized carbons (Fsp3) is 0.429. The molecule has 2 aliphatic heterocycles. The van der Waals surface area contributed by atoms with Gasteiger partial charge in [-0.3, -0.25) is 0 Å². The number of carbonyl (C=O) groups excluding carboxylic acids is 1. The molecule has 12 nitrogen and oxygen atoms in total. The molecular weight excluding hydrogens is 636 g/mol. The minimum atomic E-state index is -4.03. The number of nitrogens with one attached hydrogen (secondary N) is 1. The third-order valence-corrected chi connectivity index (χ3v) is 10.1. The second kappa shape index (κ2) is 15.8. The summed E-state index contributed by atoms with van der Waals surface area (Å²) in [5.41, 5.74) is 8.35. The summed E-state index contributed by atoms with van der Waals surface area (Å²) >= 11 is 0. The van der Waals surface area contributed by atoms with Crippen molar-refractivity contribution in [3.63, 3.8) is 0 Å². The normalized spacial score (nSPS) is 20.2. The molecule has 0 aromatic heterocycles. The molecule has 2 heterocycles. The Morgan fingerprint density at radius 2 is 1.85 bits per heavy atom. The van der Waals surface area contributed by atoms with E-state index in [0.717, 1.165) is 11.1 Å². The van der Waals surface area contributed by atoms with E-state index in [4.69, 9.17) is 29.9 Å². The highest BCUT2D eigenvalue weighted by Crippen LogP contribution is 2.33. The van der Waals surface area contributed by atoms with Gasteiger partial charge in [-0.25, -0.2) is 13.2 Å². The van der Waals surface area contributed by atoms with E-state index in [-0.39, 0.29) is 49.5 Å². The Bertz CT molecular complexity index is 1700. The van der Waals surface area contributed by atoms with Crippen LogP contribution in [-0.2, 0) is 37.3 Å². The van der Waals surface area contributed by atoms with Crippen molar-refractivity contribution in [2.45, 2.75) is 62.7 Å². The molecule has 0 spiro atoms. The van der Waals surface area contributed by atoms with Crippen LogP contribution in [0.25, 0.3) is 0 Å². The SMILES string of the molecule is CC(C)CN(CC(O)C(Cc1ccc(OCc2cccc(C#N)c2)cc1)NC(=O)OC1COC2OCCC12)S(=O)(=O)c1cccc(N)c1. The molecule has 0 radical (unpaired) electrons. The van der Waals surface area contributed by atoms with E-state index in [0.29, 0.717) is 30.0 Å². The number of nitrogens with zero attached hydrogens (tertiary/aromatic N) is 2. The van der Waals surface area contributed by atoms with Crippen LogP contribution >= 0.6 is 0 Å². The smallest absolute Gasteiger partial charge is 0.407 e. The quantitative estimate of drug-likeness (QED) is 0.213. The van der Waals surface area contributed by atoms with E-state index < -0.39 is 40.7 Å². The first-order chi connectivity index (χ1) is 23.0. The maximum absolute atomic E-state index is 13.7. The van der Waals surface area contributed by atoms with Crippen molar-refractivity contribution in [2.24, 2.45) is 11.8 Å².